The Labute approximate surface area is 139 Å². The molecule has 0 fully saturated rings. The Hall–Kier alpha value is -1.64. The Kier molecular flexibility index (Phi) is 8.01. The standard InChI is InChI=1S/C20H29FO2/c1-6-9-11-23-20(22)13-19-15(5)17(8-3)14(4)18(19)12-16(21)10-7-2/h8,10,12,14H,6-7,9,11,13H2,1-5H3/b16-10+,17-8+,18-12+. The normalized spacial score (nSPS) is 22.3. The van der Waals surface area contributed by atoms with Gasteiger partial charge in [0.25, 0.3) is 0 Å². The molecule has 0 heterocycles. The summed E-state index contributed by atoms with van der Waals surface area (Å²) in [5.74, 6) is -0.367. The summed E-state index contributed by atoms with van der Waals surface area (Å²) in [5, 5.41) is 0. The molecule has 3 heteroatoms. The molecule has 128 valence electrons. The number of carbonyl (C=O) groups is 1. The number of hydrogen-bond donors (Lipinski definition) is 0. The van der Waals surface area contributed by atoms with Crippen molar-refractivity contribution in [3.63, 3.8) is 0 Å². The van der Waals surface area contributed by atoms with Crippen LogP contribution in [0.2, 0.25) is 0 Å². The van der Waals surface area contributed by atoms with Crippen LogP contribution in [0.15, 0.2) is 46.3 Å². The van der Waals surface area contributed by atoms with Crippen LogP contribution < -0.4 is 0 Å². The molecule has 0 aromatic carbocycles. The van der Waals surface area contributed by atoms with Crippen LogP contribution >= 0.6 is 0 Å². The molecule has 1 rings (SSSR count). The highest BCUT2D eigenvalue weighted by atomic mass is 19.1. The predicted molar refractivity (Wildman–Crippen MR) is 93.7 cm³/mol. The molecule has 23 heavy (non-hydrogen) atoms. The molecule has 0 amide bonds. The lowest BCUT2D eigenvalue weighted by atomic mass is 9.95. The maximum absolute atomic E-state index is 14.0. The van der Waals surface area contributed by atoms with E-state index >= 15 is 0 Å². The third kappa shape index (κ3) is 5.19. The molecule has 1 aliphatic rings. The smallest absolute Gasteiger partial charge is 0.310 e. The van der Waals surface area contributed by atoms with Gasteiger partial charge in [0.1, 0.15) is 5.83 Å². The van der Waals surface area contributed by atoms with Gasteiger partial charge in [-0.3, -0.25) is 4.79 Å². The average molecular weight is 320 g/mol. The SMILES string of the molecule is C/C=C1C(C)=C(CC(=O)OCCCC)/C(=C/C(F)=C\CC)C/1C. The van der Waals surface area contributed by atoms with Crippen LogP contribution in [0.1, 0.15) is 60.3 Å². The number of allylic oxidation sites excluding steroid dienone is 7. The fourth-order valence-electron chi connectivity index (χ4n) is 2.99. The molecule has 0 spiro atoms. The molecule has 0 radical (unpaired) electrons. The molecule has 0 aromatic rings. The zero-order valence-corrected chi connectivity index (χ0v) is 15.0. The molecule has 1 unspecified atom stereocenters. The molecule has 0 saturated carbocycles. The Morgan fingerprint density at radius 1 is 1.30 bits per heavy atom. The molecule has 0 N–H and O–H groups in total. The van der Waals surface area contributed by atoms with Crippen molar-refractivity contribution in [2.75, 3.05) is 6.61 Å². The zero-order valence-electron chi connectivity index (χ0n) is 15.0. The number of ether oxygens (including phenoxy) is 1. The van der Waals surface area contributed by atoms with E-state index in [9.17, 15) is 9.18 Å². The van der Waals surface area contributed by atoms with E-state index in [0.717, 1.165) is 35.1 Å². The van der Waals surface area contributed by atoms with Crippen LogP contribution in [0.25, 0.3) is 0 Å². The number of esters is 1. The Morgan fingerprint density at radius 3 is 2.57 bits per heavy atom. The van der Waals surface area contributed by atoms with Crippen LogP contribution in [-0.4, -0.2) is 12.6 Å². The van der Waals surface area contributed by atoms with Crippen molar-refractivity contribution in [2.24, 2.45) is 5.92 Å². The number of halogens is 1. The van der Waals surface area contributed by atoms with Gasteiger partial charge in [-0.25, -0.2) is 4.39 Å². The van der Waals surface area contributed by atoms with E-state index in [1.54, 1.807) is 12.2 Å². The monoisotopic (exact) mass is 320 g/mol. The first-order chi connectivity index (χ1) is 11.0. The Morgan fingerprint density at radius 2 is 2.00 bits per heavy atom. The van der Waals surface area contributed by atoms with Gasteiger partial charge in [-0.2, -0.15) is 0 Å². The summed E-state index contributed by atoms with van der Waals surface area (Å²) < 4.78 is 19.2. The number of rotatable bonds is 7. The lowest BCUT2D eigenvalue weighted by molar-refractivity contribution is -0.142. The van der Waals surface area contributed by atoms with E-state index in [1.807, 2.05) is 26.8 Å². The zero-order chi connectivity index (χ0) is 17.4. The van der Waals surface area contributed by atoms with E-state index in [-0.39, 0.29) is 24.1 Å². The van der Waals surface area contributed by atoms with Gasteiger partial charge in [-0.15, -0.1) is 0 Å². The van der Waals surface area contributed by atoms with Crippen LogP contribution in [-0.2, 0) is 9.53 Å². The van der Waals surface area contributed by atoms with Crippen molar-refractivity contribution < 1.29 is 13.9 Å². The van der Waals surface area contributed by atoms with E-state index < -0.39 is 0 Å². The second-order valence-corrected chi connectivity index (χ2v) is 5.92. The van der Waals surface area contributed by atoms with Gasteiger partial charge in [0.15, 0.2) is 0 Å². The average Bonchev–Trinajstić information content (AvgIpc) is 2.71. The highest BCUT2D eigenvalue weighted by Gasteiger charge is 2.29. The van der Waals surface area contributed by atoms with E-state index in [1.165, 1.54) is 0 Å². The summed E-state index contributed by atoms with van der Waals surface area (Å²) in [6, 6.07) is 0. The molecule has 0 aromatic heterocycles. The van der Waals surface area contributed by atoms with Crippen LogP contribution in [0, 0.1) is 5.92 Å². The lowest BCUT2D eigenvalue weighted by Gasteiger charge is -2.11. The fraction of sp³-hybridized carbons (Fsp3) is 0.550. The highest BCUT2D eigenvalue weighted by Crippen LogP contribution is 2.43. The largest absolute Gasteiger partial charge is 0.465 e. The van der Waals surface area contributed by atoms with Gasteiger partial charge in [-0.1, -0.05) is 33.3 Å². The summed E-state index contributed by atoms with van der Waals surface area (Å²) in [5.41, 5.74) is 4.04. The van der Waals surface area contributed by atoms with Crippen LogP contribution in [0.3, 0.4) is 0 Å². The van der Waals surface area contributed by atoms with E-state index in [0.29, 0.717) is 13.0 Å². The van der Waals surface area contributed by atoms with Crippen molar-refractivity contribution >= 4 is 5.97 Å². The minimum atomic E-state index is -0.239. The summed E-state index contributed by atoms with van der Waals surface area (Å²) in [7, 11) is 0. The van der Waals surface area contributed by atoms with Crippen LogP contribution in [0.5, 0.6) is 0 Å². The van der Waals surface area contributed by atoms with Gasteiger partial charge >= 0.3 is 5.97 Å². The van der Waals surface area contributed by atoms with Crippen molar-refractivity contribution in [1.82, 2.24) is 0 Å². The van der Waals surface area contributed by atoms with Crippen molar-refractivity contribution in [2.45, 2.75) is 60.3 Å². The van der Waals surface area contributed by atoms with Crippen molar-refractivity contribution in [3.8, 4) is 0 Å². The van der Waals surface area contributed by atoms with Gasteiger partial charge in [0.2, 0.25) is 0 Å². The fourth-order valence-corrected chi connectivity index (χ4v) is 2.99. The quantitative estimate of drug-likeness (QED) is 0.436. The topological polar surface area (TPSA) is 26.3 Å². The second-order valence-electron chi connectivity index (χ2n) is 5.92. The third-order valence-electron chi connectivity index (χ3n) is 4.25. The first-order valence-corrected chi connectivity index (χ1v) is 8.55. The maximum atomic E-state index is 14.0. The van der Waals surface area contributed by atoms with Crippen molar-refractivity contribution in [1.29, 1.82) is 0 Å². The molecule has 1 atom stereocenters. The number of carbonyl (C=O) groups excluding carboxylic acids is 1. The summed E-state index contributed by atoms with van der Waals surface area (Å²) >= 11 is 0. The van der Waals surface area contributed by atoms with Gasteiger partial charge < -0.3 is 4.74 Å². The van der Waals surface area contributed by atoms with Gasteiger partial charge in [0, 0.05) is 5.92 Å². The summed E-state index contributed by atoms with van der Waals surface area (Å²) in [6.45, 7) is 10.5. The molecule has 0 saturated heterocycles. The molecule has 0 bridgehead atoms. The lowest BCUT2D eigenvalue weighted by Crippen LogP contribution is -2.08. The van der Waals surface area contributed by atoms with Gasteiger partial charge in [-0.05, 0) is 61.1 Å². The minimum Gasteiger partial charge on any atom is -0.465 e. The molecule has 2 nitrogen and oxygen atoms in total. The van der Waals surface area contributed by atoms with E-state index in [4.69, 9.17) is 4.74 Å². The minimum absolute atomic E-state index is 0.106. The molecule has 1 aliphatic carbocycles. The Balaban J connectivity index is 3.04. The second kappa shape index (κ2) is 9.49. The molecular formula is C20H29FO2. The summed E-state index contributed by atoms with van der Waals surface area (Å²) in [4.78, 5) is 12.1. The Bertz CT molecular complexity index is 550. The maximum Gasteiger partial charge on any atom is 0.310 e. The third-order valence-corrected chi connectivity index (χ3v) is 4.25. The first kappa shape index (κ1) is 19.4. The molecular weight excluding hydrogens is 291 g/mol. The highest BCUT2D eigenvalue weighted by molar-refractivity contribution is 5.76. The van der Waals surface area contributed by atoms with Crippen LogP contribution in [0.4, 0.5) is 4.39 Å². The van der Waals surface area contributed by atoms with E-state index in [2.05, 4.69) is 13.8 Å². The first-order valence-electron chi connectivity index (χ1n) is 8.55. The predicted octanol–water partition coefficient (Wildman–Crippen LogP) is 5.82. The number of unbranched alkanes of at least 4 members (excludes halogenated alkanes) is 1. The van der Waals surface area contributed by atoms with Crippen molar-refractivity contribution in [3.05, 3.63) is 46.3 Å². The van der Waals surface area contributed by atoms with Gasteiger partial charge in [0.05, 0.1) is 13.0 Å². The number of hydrogen-bond acceptors (Lipinski definition) is 2. The molecule has 0 aliphatic heterocycles. The summed E-state index contributed by atoms with van der Waals surface area (Å²) in [6.07, 6.45) is 7.90.